The second-order valence-corrected chi connectivity index (χ2v) is 7.16. The van der Waals surface area contributed by atoms with Gasteiger partial charge in [-0.05, 0) is 25.7 Å². The monoisotopic (exact) mass is 318 g/mol. The highest BCUT2D eigenvalue weighted by atomic mass is 35.5. The van der Waals surface area contributed by atoms with Gasteiger partial charge in [-0.1, -0.05) is 40.0 Å². The van der Waals surface area contributed by atoms with Crippen molar-refractivity contribution in [2.45, 2.75) is 83.4 Å². The Kier molecular flexibility index (Phi) is 6.51. The summed E-state index contributed by atoms with van der Waals surface area (Å²) < 4.78 is 5.91. The standard InChI is InChI=1S/C16H30N2O2.ClH/c1-4-5-10-20-13-11-12(15(13,2)3)18-14(19)16(17)8-6-7-9-16;/h12-13H,4-11,17H2,1-3H3,(H,18,19);1H. The molecular weight excluding hydrogens is 288 g/mol. The van der Waals surface area contributed by atoms with Gasteiger partial charge in [-0.3, -0.25) is 4.79 Å². The molecule has 2 atom stereocenters. The highest BCUT2D eigenvalue weighted by Gasteiger charge is 2.51. The largest absolute Gasteiger partial charge is 0.378 e. The molecule has 2 aliphatic rings. The van der Waals surface area contributed by atoms with E-state index in [2.05, 4.69) is 26.1 Å². The zero-order valence-corrected chi connectivity index (χ0v) is 14.4. The lowest BCUT2D eigenvalue weighted by Crippen LogP contribution is -2.65. The highest BCUT2D eigenvalue weighted by molar-refractivity contribution is 5.86. The zero-order chi connectivity index (χ0) is 14.8. The molecule has 21 heavy (non-hydrogen) atoms. The van der Waals surface area contributed by atoms with Crippen molar-refractivity contribution < 1.29 is 9.53 Å². The number of nitrogens with one attached hydrogen (secondary N) is 1. The first-order chi connectivity index (χ1) is 9.40. The van der Waals surface area contributed by atoms with Gasteiger partial charge in [0, 0.05) is 18.1 Å². The molecule has 2 unspecified atom stereocenters. The van der Waals surface area contributed by atoms with E-state index in [0.717, 1.165) is 51.6 Å². The number of hydrogen-bond acceptors (Lipinski definition) is 3. The molecule has 0 saturated heterocycles. The first kappa shape index (κ1) is 18.7. The molecule has 0 radical (unpaired) electrons. The maximum Gasteiger partial charge on any atom is 0.240 e. The van der Waals surface area contributed by atoms with Gasteiger partial charge in [-0.25, -0.2) is 0 Å². The van der Waals surface area contributed by atoms with Gasteiger partial charge in [-0.15, -0.1) is 12.4 Å². The molecule has 2 saturated carbocycles. The zero-order valence-electron chi connectivity index (χ0n) is 13.6. The van der Waals surface area contributed by atoms with Gasteiger partial charge in [0.1, 0.15) is 0 Å². The molecule has 0 aromatic carbocycles. The molecule has 0 aliphatic heterocycles. The predicted octanol–water partition coefficient (Wildman–Crippen LogP) is 2.78. The Morgan fingerprint density at radius 1 is 1.33 bits per heavy atom. The molecule has 5 heteroatoms. The summed E-state index contributed by atoms with van der Waals surface area (Å²) in [6.07, 6.45) is 7.22. The van der Waals surface area contributed by atoms with Crippen LogP contribution in [0.4, 0.5) is 0 Å². The fourth-order valence-electron chi connectivity index (χ4n) is 3.32. The van der Waals surface area contributed by atoms with Gasteiger partial charge < -0.3 is 15.8 Å². The third-order valence-corrected chi connectivity index (χ3v) is 5.25. The average molecular weight is 319 g/mol. The maximum atomic E-state index is 12.3. The molecule has 0 spiro atoms. The van der Waals surface area contributed by atoms with Gasteiger partial charge in [0.05, 0.1) is 11.6 Å². The van der Waals surface area contributed by atoms with Gasteiger partial charge in [0.2, 0.25) is 5.91 Å². The normalized spacial score (nSPS) is 29.3. The lowest BCUT2D eigenvalue weighted by atomic mass is 9.64. The summed E-state index contributed by atoms with van der Waals surface area (Å²) in [7, 11) is 0. The Balaban J connectivity index is 0.00000220. The minimum atomic E-state index is -0.621. The summed E-state index contributed by atoms with van der Waals surface area (Å²) >= 11 is 0. The molecule has 0 aromatic heterocycles. The third-order valence-electron chi connectivity index (χ3n) is 5.25. The van der Waals surface area contributed by atoms with Crippen molar-refractivity contribution in [1.29, 1.82) is 0 Å². The fourth-order valence-corrected chi connectivity index (χ4v) is 3.32. The molecule has 0 heterocycles. The van der Waals surface area contributed by atoms with E-state index < -0.39 is 5.54 Å². The summed E-state index contributed by atoms with van der Waals surface area (Å²) in [6.45, 7) is 7.35. The minimum absolute atomic E-state index is 0. The van der Waals surface area contributed by atoms with E-state index in [1.54, 1.807) is 0 Å². The SMILES string of the molecule is CCCCOC1CC(NC(=O)C2(N)CCCC2)C1(C)C.Cl. The quantitative estimate of drug-likeness (QED) is 0.740. The van der Waals surface area contributed by atoms with Crippen LogP contribution in [0.15, 0.2) is 0 Å². The van der Waals surface area contributed by atoms with Crippen molar-refractivity contribution in [1.82, 2.24) is 5.32 Å². The van der Waals surface area contributed by atoms with Crippen molar-refractivity contribution in [2.24, 2.45) is 11.1 Å². The van der Waals surface area contributed by atoms with Crippen molar-refractivity contribution in [3.63, 3.8) is 0 Å². The molecule has 2 fully saturated rings. The molecule has 124 valence electrons. The van der Waals surface area contributed by atoms with E-state index in [4.69, 9.17) is 10.5 Å². The maximum absolute atomic E-state index is 12.3. The van der Waals surface area contributed by atoms with Gasteiger partial charge >= 0.3 is 0 Å². The molecule has 1 amide bonds. The van der Waals surface area contributed by atoms with Crippen LogP contribution < -0.4 is 11.1 Å². The second kappa shape index (κ2) is 7.30. The lowest BCUT2D eigenvalue weighted by molar-refractivity contribution is -0.141. The van der Waals surface area contributed by atoms with Gasteiger partial charge in [0.25, 0.3) is 0 Å². The van der Waals surface area contributed by atoms with Crippen LogP contribution in [-0.4, -0.2) is 30.2 Å². The summed E-state index contributed by atoms with van der Waals surface area (Å²) in [5.74, 6) is 0.0417. The number of halogens is 1. The Labute approximate surface area is 135 Å². The molecular formula is C16H31ClN2O2. The number of rotatable bonds is 6. The van der Waals surface area contributed by atoms with Crippen LogP contribution in [0.5, 0.6) is 0 Å². The Hall–Kier alpha value is -0.320. The molecule has 2 aliphatic carbocycles. The number of ether oxygens (including phenoxy) is 1. The Morgan fingerprint density at radius 2 is 1.95 bits per heavy atom. The average Bonchev–Trinajstić information content (AvgIpc) is 2.85. The summed E-state index contributed by atoms with van der Waals surface area (Å²) in [5.41, 5.74) is 5.60. The van der Waals surface area contributed by atoms with Crippen molar-refractivity contribution in [3.8, 4) is 0 Å². The first-order valence-electron chi connectivity index (χ1n) is 8.11. The number of hydrogen-bond donors (Lipinski definition) is 2. The van der Waals surface area contributed by atoms with Crippen LogP contribution in [-0.2, 0) is 9.53 Å². The number of carbonyl (C=O) groups excluding carboxylic acids is 1. The predicted molar refractivity (Wildman–Crippen MR) is 87.6 cm³/mol. The minimum Gasteiger partial charge on any atom is -0.378 e. The molecule has 3 N–H and O–H groups in total. The van der Waals surface area contributed by atoms with Crippen LogP contribution in [0.1, 0.15) is 65.7 Å². The molecule has 0 bridgehead atoms. The van der Waals surface area contributed by atoms with Crippen LogP contribution in [0.2, 0.25) is 0 Å². The molecule has 4 nitrogen and oxygen atoms in total. The van der Waals surface area contributed by atoms with Gasteiger partial charge in [-0.2, -0.15) is 0 Å². The van der Waals surface area contributed by atoms with E-state index in [1.807, 2.05) is 0 Å². The molecule has 0 aromatic rings. The number of nitrogens with two attached hydrogens (primary N) is 1. The first-order valence-corrected chi connectivity index (χ1v) is 8.11. The van der Waals surface area contributed by atoms with E-state index in [1.165, 1.54) is 0 Å². The van der Waals surface area contributed by atoms with Crippen LogP contribution in [0, 0.1) is 5.41 Å². The van der Waals surface area contributed by atoms with Crippen molar-refractivity contribution in [2.75, 3.05) is 6.61 Å². The Bertz CT molecular complexity index is 354. The summed E-state index contributed by atoms with van der Waals surface area (Å²) in [6, 6.07) is 0.197. The number of amides is 1. The third kappa shape index (κ3) is 3.91. The lowest BCUT2D eigenvalue weighted by Gasteiger charge is -2.52. The van der Waals surface area contributed by atoms with E-state index in [0.29, 0.717) is 0 Å². The van der Waals surface area contributed by atoms with Crippen molar-refractivity contribution in [3.05, 3.63) is 0 Å². The van der Waals surface area contributed by atoms with Crippen LogP contribution in [0.3, 0.4) is 0 Å². The van der Waals surface area contributed by atoms with Crippen LogP contribution in [0.25, 0.3) is 0 Å². The second-order valence-electron chi connectivity index (χ2n) is 7.16. The van der Waals surface area contributed by atoms with E-state index in [-0.39, 0.29) is 35.9 Å². The van der Waals surface area contributed by atoms with E-state index in [9.17, 15) is 4.79 Å². The van der Waals surface area contributed by atoms with Gasteiger partial charge in [0.15, 0.2) is 0 Å². The summed E-state index contributed by atoms with van der Waals surface area (Å²) in [4.78, 5) is 12.3. The fraction of sp³-hybridized carbons (Fsp3) is 0.938. The molecule has 2 rings (SSSR count). The summed E-state index contributed by atoms with van der Waals surface area (Å²) in [5, 5.41) is 3.17. The number of unbranched alkanes of at least 4 members (excludes halogenated alkanes) is 1. The van der Waals surface area contributed by atoms with Crippen molar-refractivity contribution >= 4 is 18.3 Å². The van der Waals surface area contributed by atoms with E-state index >= 15 is 0 Å². The van der Waals surface area contributed by atoms with Crippen LogP contribution >= 0.6 is 12.4 Å². The topological polar surface area (TPSA) is 64.3 Å². The highest BCUT2D eigenvalue weighted by Crippen LogP contribution is 2.43. The number of carbonyl (C=O) groups is 1. The smallest absolute Gasteiger partial charge is 0.240 e. The Morgan fingerprint density at radius 3 is 2.48 bits per heavy atom.